The molecule has 3 amide bonds. The van der Waals surface area contributed by atoms with Gasteiger partial charge in [-0.2, -0.15) is 0 Å². The van der Waals surface area contributed by atoms with Crippen molar-refractivity contribution in [2.45, 2.75) is 24.9 Å². The molecule has 0 radical (unpaired) electrons. The van der Waals surface area contributed by atoms with Crippen LogP contribution in [-0.2, 0) is 20.8 Å². The quantitative estimate of drug-likeness (QED) is 0.325. The Labute approximate surface area is 214 Å². The van der Waals surface area contributed by atoms with Crippen LogP contribution in [0, 0.1) is 23.7 Å². The number of likely N-dealkylation sites (tertiary alicyclic amines) is 2. The number of allylic oxidation sites excluding steroid dienone is 2. The molecule has 2 aliphatic carbocycles. The van der Waals surface area contributed by atoms with E-state index < -0.39 is 12.1 Å². The largest absolute Gasteiger partial charge is 0.493 e. The number of carbonyl (C=O) groups excluding carboxylic acids is 3. The highest BCUT2D eigenvalue weighted by molar-refractivity contribution is 6.31. The van der Waals surface area contributed by atoms with Gasteiger partial charge in [0, 0.05) is 11.6 Å². The molecule has 2 aromatic rings. The Morgan fingerprint density at radius 3 is 2.17 bits per heavy atom. The second kappa shape index (κ2) is 8.66. The lowest BCUT2D eigenvalue weighted by molar-refractivity contribution is -0.169. The zero-order chi connectivity index (χ0) is 25.1. The van der Waals surface area contributed by atoms with Crippen molar-refractivity contribution in [3.63, 3.8) is 0 Å². The van der Waals surface area contributed by atoms with E-state index in [-0.39, 0.29) is 41.4 Å². The van der Waals surface area contributed by atoms with Crippen LogP contribution in [0.25, 0.3) is 0 Å². The fourth-order valence-electron chi connectivity index (χ4n) is 6.57. The molecule has 36 heavy (non-hydrogen) atoms. The number of rotatable bonds is 7. The van der Waals surface area contributed by atoms with Gasteiger partial charge >= 0.3 is 0 Å². The third-order valence-corrected chi connectivity index (χ3v) is 8.61. The topological polar surface area (TPSA) is 76.2 Å². The van der Waals surface area contributed by atoms with Crippen LogP contribution in [0.3, 0.4) is 0 Å². The van der Waals surface area contributed by atoms with Gasteiger partial charge in [-0.25, -0.2) is 0 Å². The second-order valence-corrected chi connectivity index (χ2v) is 10.3. The minimum Gasteiger partial charge on any atom is -0.493 e. The number of benzene rings is 2. The fraction of sp³-hybridized carbons (Fsp3) is 0.393. The maximum absolute atomic E-state index is 13.6. The van der Waals surface area contributed by atoms with Gasteiger partial charge in [-0.3, -0.25) is 19.3 Å². The monoisotopic (exact) mass is 506 g/mol. The van der Waals surface area contributed by atoms with Crippen LogP contribution in [0.4, 0.5) is 0 Å². The number of carbonyl (C=O) groups is 3. The summed E-state index contributed by atoms with van der Waals surface area (Å²) in [5.74, 6) is 0.119. The Bertz CT molecular complexity index is 1260. The van der Waals surface area contributed by atoms with Crippen molar-refractivity contribution in [2.75, 3.05) is 20.8 Å². The molecule has 0 spiro atoms. The van der Waals surface area contributed by atoms with E-state index in [1.807, 2.05) is 36.4 Å². The molecule has 0 N–H and O–H groups in total. The Morgan fingerprint density at radius 1 is 0.861 bits per heavy atom. The summed E-state index contributed by atoms with van der Waals surface area (Å²) in [5.41, 5.74) is 1.72. The molecular formula is C28H27ClN2O5. The van der Waals surface area contributed by atoms with Gasteiger partial charge < -0.3 is 14.4 Å². The van der Waals surface area contributed by atoms with Crippen molar-refractivity contribution in [1.29, 1.82) is 0 Å². The molecule has 0 aromatic heterocycles. The molecular weight excluding hydrogens is 480 g/mol. The number of hydrogen-bond donors (Lipinski definition) is 0. The van der Waals surface area contributed by atoms with E-state index in [2.05, 4.69) is 12.2 Å². The number of fused-ring (bicyclic) bond motifs is 5. The predicted molar refractivity (Wildman–Crippen MR) is 133 cm³/mol. The Morgan fingerprint density at radius 2 is 1.53 bits per heavy atom. The average molecular weight is 507 g/mol. The number of methoxy groups -OCH3 is 2. The summed E-state index contributed by atoms with van der Waals surface area (Å²) in [6.07, 6.45) is 5.54. The number of imide groups is 1. The van der Waals surface area contributed by atoms with Crippen molar-refractivity contribution in [3.05, 3.63) is 70.8 Å². The summed E-state index contributed by atoms with van der Waals surface area (Å²) in [5, 5.41) is 0.511. The van der Waals surface area contributed by atoms with Crippen molar-refractivity contribution in [2.24, 2.45) is 23.7 Å². The summed E-state index contributed by atoms with van der Waals surface area (Å²) in [7, 11) is 3.17. The van der Waals surface area contributed by atoms with Gasteiger partial charge in [0.1, 0.15) is 6.04 Å². The SMILES string of the molecule is COc1ccc(CCN2C(=O)C(N3C(=O)C4C5C=CC(C5)C4C3=O)C2c2ccccc2Cl)cc1OC. The standard InChI is InChI=1S/C28H27ClN2O5/c1-35-20-10-7-15(13-21(20)36-2)11-12-30-24(18-5-3-4-6-19(18)29)25(28(30)34)31-26(32)22-16-8-9-17(14-16)23(22)27(31)33/h3-10,13,16-17,22-25H,11-12,14H2,1-2H3. The Balaban J connectivity index is 1.28. The maximum Gasteiger partial charge on any atom is 0.248 e. The molecule has 7 nitrogen and oxygen atoms in total. The van der Waals surface area contributed by atoms with Crippen LogP contribution in [0.2, 0.25) is 5.02 Å². The van der Waals surface area contributed by atoms with Gasteiger partial charge in [0.05, 0.1) is 32.1 Å². The lowest BCUT2D eigenvalue weighted by Crippen LogP contribution is -2.67. The zero-order valence-corrected chi connectivity index (χ0v) is 20.9. The van der Waals surface area contributed by atoms with Gasteiger partial charge in [-0.15, -0.1) is 0 Å². The molecule has 2 bridgehead atoms. The highest BCUT2D eigenvalue weighted by Gasteiger charge is 2.65. The third-order valence-electron chi connectivity index (χ3n) is 8.27. The van der Waals surface area contributed by atoms with E-state index in [0.717, 1.165) is 17.5 Å². The molecule has 2 heterocycles. The molecule has 6 rings (SSSR count). The summed E-state index contributed by atoms with van der Waals surface area (Å²) >= 11 is 6.57. The molecule has 8 heteroatoms. The second-order valence-electron chi connectivity index (χ2n) is 9.93. The van der Waals surface area contributed by atoms with E-state index in [1.54, 1.807) is 25.2 Å². The molecule has 6 unspecified atom stereocenters. The molecule has 2 aromatic carbocycles. The predicted octanol–water partition coefficient (Wildman–Crippen LogP) is 3.66. The van der Waals surface area contributed by atoms with Crippen LogP contribution in [0.1, 0.15) is 23.6 Å². The number of hydrogen-bond acceptors (Lipinski definition) is 5. The van der Waals surface area contributed by atoms with Gasteiger partial charge in [-0.05, 0) is 54.0 Å². The van der Waals surface area contributed by atoms with Crippen molar-refractivity contribution in [3.8, 4) is 11.5 Å². The number of β-lactam (4-membered cyclic amide) rings is 1. The first-order valence-electron chi connectivity index (χ1n) is 12.3. The highest BCUT2D eigenvalue weighted by atomic mass is 35.5. The van der Waals surface area contributed by atoms with E-state index in [0.29, 0.717) is 29.5 Å². The molecule has 3 fully saturated rings. The van der Waals surface area contributed by atoms with E-state index >= 15 is 0 Å². The van der Waals surface area contributed by atoms with Crippen LogP contribution in [-0.4, -0.2) is 54.3 Å². The highest BCUT2D eigenvalue weighted by Crippen LogP contribution is 2.55. The lowest BCUT2D eigenvalue weighted by atomic mass is 9.85. The van der Waals surface area contributed by atoms with Crippen molar-refractivity contribution in [1.82, 2.24) is 9.80 Å². The molecule has 2 aliphatic heterocycles. The number of halogens is 1. The smallest absolute Gasteiger partial charge is 0.248 e. The normalized spacial score (nSPS) is 30.1. The van der Waals surface area contributed by atoms with Crippen molar-refractivity contribution >= 4 is 29.3 Å². The van der Waals surface area contributed by atoms with Crippen LogP contribution in [0.15, 0.2) is 54.6 Å². The lowest BCUT2D eigenvalue weighted by Gasteiger charge is -2.50. The maximum atomic E-state index is 13.6. The molecule has 6 atom stereocenters. The molecule has 2 saturated heterocycles. The van der Waals surface area contributed by atoms with Crippen LogP contribution in [0.5, 0.6) is 11.5 Å². The van der Waals surface area contributed by atoms with Gasteiger partial charge in [0.2, 0.25) is 17.7 Å². The Hall–Kier alpha value is -3.32. The minimum atomic E-state index is -0.861. The first-order chi connectivity index (χ1) is 17.4. The fourth-order valence-corrected chi connectivity index (χ4v) is 6.82. The van der Waals surface area contributed by atoms with Crippen LogP contribution >= 0.6 is 11.6 Å². The number of ether oxygens (including phenoxy) is 2. The first kappa shape index (κ1) is 23.1. The van der Waals surface area contributed by atoms with E-state index in [1.165, 1.54) is 4.90 Å². The molecule has 186 valence electrons. The van der Waals surface area contributed by atoms with Gasteiger partial charge in [-0.1, -0.05) is 48.0 Å². The average Bonchev–Trinajstić information content (AvgIpc) is 3.57. The Kier molecular flexibility index (Phi) is 5.56. The molecule has 1 saturated carbocycles. The summed E-state index contributed by atoms with van der Waals surface area (Å²) in [6, 6.07) is 11.7. The van der Waals surface area contributed by atoms with Gasteiger partial charge in [0.15, 0.2) is 11.5 Å². The first-order valence-corrected chi connectivity index (χ1v) is 12.6. The number of amides is 3. The summed E-state index contributed by atoms with van der Waals surface area (Å²) < 4.78 is 10.7. The van der Waals surface area contributed by atoms with E-state index in [4.69, 9.17) is 21.1 Å². The van der Waals surface area contributed by atoms with E-state index in [9.17, 15) is 14.4 Å². The van der Waals surface area contributed by atoms with Crippen LogP contribution < -0.4 is 9.47 Å². The van der Waals surface area contributed by atoms with Gasteiger partial charge in [0.25, 0.3) is 0 Å². The minimum absolute atomic E-state index is 0.0940. The number of nitrogens with zero attached hydrogens (tertiary/aromatic N) is 2. The molecule has 4 aliphatic rings. The van der Waals surface area contributed by atoms with Crippen molar-refractivity contribution < 1.29 is 23.9 Å². The zero-order valence-electron chi connectivity index (χ0n) is 20.1. The third kappa shape index (κ3) is 3.29. The summed E-state index contributed by atoms with van der Waals surface area (Å²) in [4.78, 5) is 43.5. The summed E-state index contributed by atoms with van der Waals surface area (Å²) in [6.45, 7) is 0.413.